The Kier molecular flexibility index (Phi) is 6.30. The van der Waals surface area contributed by atoms with Crippen molar-refractivity contribution in [3.8, 4) is 17.0 Å². The monoisotopic (exact) mass is 474 g/mol. The first kappa shape index (κ1) is 23.1. The van der Waals surface area contributed by atoms with Gasteiger partial charge < -0.3 is 18.6 Å². The van der Waals surface area contributed by atoms with E-state index in [9.17, 15) is 4.79 Å². The number of pyridine rings is 1. The number of piperazine rings is 1. The second kappa shape index (κ2) is 9.54. The van der Waals surface area contributed by atoms with Gasteiger partial charge in [0.05, 0.1) is 28.9 Å². The van der Waals surface area contributed by atoms with Gasteiger partial charge in [-0.15, -0.1) is 0 Å². The molecule has 4 aromatic rings. The molecule has 0 saturated carbocycles. The van der Waals surface area contributed by atoms with Crippen molar-refractivity contribution in [3.05, 3.63) is 64.7 Å². The number of nitrogens with zero attached hydrogens (tertiary/aromatic N) is 4. The van der Waals surface area contributed by atoms with Gasteiger partial charge in [0.25, 0.3) is 11.6 Å². The SMILES string of the molecule is CCOc1ccc(CN2CCN(C(=O)c3cc(-c4cc(C)oc4C)nc4onc(C)c34)CC2)cc1. The fraction of sp³-hybridized carbons (Fsp3) is 0.370. The molecule has 35 heavy (non-hydrogen) atoms. The Morgan fingerprint density at radius 2 is 1.80 bits per heavy atom. The zero-order chi connectivity index (χ0) is 24.5. The number of rotatable bonds is 6. The van der Waals surface area contributed by atoms with Gasteiger partial charge in [-0.05, 0) is 57.5 Å². The zero-order valence-corrected chi connectivity index (χ0v) is 20.6. The second-order valence-corrected chi connectivity index (χ2v) is 8.98. The van der Waals surface area contributed by atoms with E-state index in [4.69, 9.17) is 13.7 Å². The summed E-state index contributed by atoms with van der Waals surface area (Å²) in [7, 11) is 0. The van der Waals surface area contributed by atoms with E-state index in [-0.39, 0.29) is 5.91 Å². The number of hydrogen-bond donors (Lipinski definition) is 0. The third-order valence-corrected chi connectivity index (χ3v) is 6.46. The Balaban J connectivity index is 1.33. The number of carbonyl (C=O) groups is 1. The minimum atomic E-state index is -0.0245. The van der Waals surface area contributed by atoms with Gasteiger partial charge in [0.2, 0.25) is 0 Å². The van der Waals surface area contributed by atoms with Crippen molar-refractivity contribution in [2.45, 2.75) is 34.2 Å². The summed E-state index contributed by atoms with van der Waals surface area (Å²) in [5.41, 5.74) is 4.35. The predicted octanol–water partition coefficient (Wildman–Crippen LogP) is 4.76. The molecule has 3 aromatic heterocycles. The van der Waals surface area contributed by atoms with E-state index < -0.39 is 0 Å². The number of amides is 1. The normalized spacial score (nSPS) is 14.6. The van der Waals surface area contributed by atoms with Gasteiger partial charge in [-0.2, -0.15) is 0 Å². The molecule has 1 fully saturated rings. The maximum Gasteiger partial charge on any atom is 0.259 e. The first-order chi connectivity index (χ1) is 16.9. The third-order valence-electron chi connectivity index (χ3n) is 6.46. The van der Waals surface area contributed by atoms with Crippen LogP contribution in [0.15, 0.2) is 45.3 Å². The van der Waals surface area contributed by atoms with Crippen LogP contribution < -0.4 is 4.74 Å². The summed E-state index contributed by atoms with van der Waals surface area (Å²) in [6.07, 6.45) is 0. The highest BCUT2D eigenvalue weighted by molar-refractivity contribution is 6.07. The average molecular weight is 475 g/mol. The fourth-order valence-corrected chi connectivity index (χ4v) is 4.68. The van der Waals surface area contributed by atoms with E-state index in [1.54, 1.807) is 0 Å². The lowest BCUT2D eigenvalue weighted by atomic mass is 10.0. The molecule has 1 aromatic carbocycles. The number of ether oxygens (including phenoxy) is 1. The first-order valence-electron chi connectivity index (χ1n) is 12.0. The highest BCUT2D eigenvalue weighted by atomic mass is 16.5. The number of hydrogen-bond acceptors (Lipinski definition) is 7. The molecular formula is C27H30N4O4. The molecular weight excluding hydrogens is 444 g/mol. The molecule has 0 atom stereocenters. The van der Waals surface area contributed by atoms with Crippen LogP contribution in [0.5, 0.6) is 5.75 Å². The summed E-state index contributed by atoms with van der Waals surface area (Å²) in [6.45, 7) is 12.1. The molecule has 1 amide bonds. The Labute approximate surface area is 204 Å². The van der Waals surface area contributed by atoms with Crippen molar-refractivity contribution in [1.82, 2.24) is 19.9 Å². The lowest BCUT2D eigenvalue weighted by molar-refractivity contribution is 0.0630. The highest BCUT2D eigenvalue weighted by Gasteiger charge is 2.27. The topological polar surface area (TPSA) is 84.8 Å². The van der Waals surface area contributed by atoms with Crippen LogP contribution in [-0.2, 0) is 6.54 Å². The van der Waals surface area contributed by atoms with Gasteiger partial charge in [0, 0.05) is 38.3 Å². The molecule has 1 saturated heterocycles. The number of benzene rings is 1. The van der Waals surface area contributed by atoms with Crippen LogP contribution in [0.3, 0.4) is 0 Å². The average Bonchev–Trinajstić information content (AvgIpc) is 3.41. The summed E-state index contributed by atoms with van der Waals surface area (Å²) in [5.74, 6) is 2.42. The summed E-state index contributed by atoms with van der Waals surface area (Å²) < 4.78 is 16.7. The maximum atomic E-state index is 13.7. The van der Waals surface area contributed by atoms with Crippen LogP contribution >= 0.6 is 0 Å². The lowest BCUT2D eigenvalue weighted by Crippen LogP contribution is -2.48. The molecule has 1 aliphatic rings. The molecule has 0 aliphatic carbocycles. The number of furan rings is 1. The Bertz CT molecular complexity index is 1350. The zero-order valence-electron chi connectivity index (χ0n) is 20.6. The summed E-state index contributed by atoms with van der Waals surface area (Å²) in [6, 6.07) is 12.0. The lowest BCUT2D eigenvalue weighted by Gasteiger charge is -2.35. The largest absolute Gasteiger partial charge is 0.494 e. The molecule has 8 nitrogen and oxygen atoms in total. The minimum absolute atomic E-state index is 0.0245. The predicted molar refractivity (Wildman–Crippen MR) is 133 cm³/mol. The molecule has 0 bridgehead atoms. The van der Waals surface area contributed by atoms with Crippen molar-refractivity contribution < 1.29 is 18.5 Å². The van der Waals surface area contributed by atoms with Crippen LogP contribution in [-0.4, -0.2) is 58.6 Å². The summed E-state index contributed by atoms with van der Waals surface area (Å²) in [5, 5.41) is 4.75. The molecule has 1 aliphatic heterocycles. The van der Waals surface area contributed by atoms with E-state index in [0.29, 0.717) is 47.7 Å². The standard InChI is InChI=1S/C27H30N4O4/c1-5-33-21-8-6-20(7-9-21)16-30-10-12-31(13-11-30)27(32)23-15-24(22-14-17(2)34-19(22)4)28-26-25(23)18(3)29-35-26/h6-9,14-15H,5,10-13,16H2,1-4H3. The van der Waals surface area contributed by atoms with Gasteiger partial charge in [0.15, 0.2) is 0 Å². The van der Waals surface area contributed by atoms with E-state index in [1.165, 1.54) is 5.56 Å². The first-order valence-corrected chi connectivity index (χ1v) is 12.0. The molecule has 5 rings (SSSR count). The number of fused-ring (bicyclic) bond motifs is 1. The van der Waals surface area contributed by atoms with Crippen LogP contribution in [0.25, 0.3) is 22.4 Å². The fourth-order valence-electron chi connectivity index (χ4n) is 4.68. The smallest absolute Gasteiger partial charge is 0.259 e. The highest BCUT2D eigenvalue weighted by Crippen LogP contribution is 2.31. The second-order valence-electron chi connectivity index (χ2n) is 8.98. The van der Waals surface area contributed by atoms with E-state index in [1.807, 2.05) is 56.9 Å². The molecule has 0 N–H and O–H groups in total. The summed E-state index contributed by atoms with van der Waals surface area (Å²) >= 11 is 0. The molecule has 0 spiro atoms. The van der Waals surface area contributed by atoms with Gasteiger partial charge in [-0.25, -0.2) is 4.98 Å². The van der Waals surface area contributed by atoms with Crippen LogP contribution in [0.4, 0.5) is 0 Å². The van der Waals surface area contributed by atoms with Crippen molar-refractivity contribution in [2.24, 2.45) is 0 Å². The molecule has 182 valence electrons. The van der Waals surface area contributed by atoms with Gasteiger partial charge in [-0.3, -0.25) is 9.69 Å². The van der Waals surface area contributed by atoms with Crippen molar-refractivity contribution >= 4 is 17.0 Å². The van der Waals surface area contributed by atoms with Crippen molar-refractivity contribution in [3.63, 3.8) is 0 Å². The molecule has 0 radical (unpaired) electrons. The van der Waals surface area contributed by atoms with Gasteiger partial charge in [0.1, 0.15) is 17.3 Å². The van der Waals surface area contributed by atoms with E-state index in [2.05, 4.69) is 27.2 Å². The quantitative estimate of drug-likeness (QED) is 0.398. The van der Waals surface area contributed by atoms with Crippen LogP contribution in [0.2, 0.25) is 0 Å². The minimum Gasteiger partial charge on any atom is -0.494 e. The van der Waals surface area contributed by atoms with Crippen molar-refractivity contribution in [1.29, 1.82) is 0 Å². The molecule has 0 unspecified atom stereocenters. The third kappa shape index (κ3) is 4.66. The Morgan fingerprint density at radius 3 is 2.46 bits per heavy atom. The van der Waals surface area contributed by atoms with Crippen molar-refractivity contribution in [2.75, 3.05) is 32.8 Å². The van der Waals surface area contributed by atoms with Gasteiger partial charge >= 0.3 is 0 Å². The van der Waals surface area contributed by atoms with Gasteiger partial charge in [-0.1, -0.05) is 17.3 Å². The van der Waals surface area contributed by atoms with Crippen LogP contribution in [0, 0.1) is 20.8 Å². The summed E-state index contributed by atoms with van der Waals surface area (Å²) in [4.78, 5) is 22.6. The Hall–Kier alpha value is -3.65. The number of carbonyl (C=O) groups excluding carboxylic acids is 1. The molecule has 4 heterocycles. The Morgan fingerprint density at radius 1 is 1.06 bits per heavy atom. The maximum absolute atomic E-state index is 13.7. The number of aryl methyl sites for hydroxylation is 3. The number of aromatic nitrogens is 2. The van der Waals surface area contributed by atoms with Crippen LogP contribution in [0.1, 0.15) is 40.1 Å². The van der Waals surface area contributed by atoms with E-state index >= 15 is 0 Å². The molecule has 8 heteroatoms. The van der Waals surface area contributed by atoms with E-state index in [0.717, 1.165) is 42.5 Å².